The predicted octanol–water partition coefficient (Wildman–Crippen LogP) is 3.87. The van der Waals surface area contributed by atoms with Gasteiger partial charge in [0.15, 0.2) is 0 Å². The van der Waals surface area contributed by atoms with E-state index < -0.39 is 25.2 Å². The molecule has 2 aromatic rings. The van der Waals surface area contributed by atoms with Crippen LogP contribution in [0.25, 0.3) is 0 Å². The van der Waals surface area contributed by atoms with Crippen molar-refractivity contribution in [1.82, 2.24) is 0 Å². The third kappa shape index (κ3) is 7.01. The molecule has 188 valence electrons. The molecule has 2 aromatic carbocycles. The van der Waals surface area contributed by atoms with E-state index >= 15 is 0 Å². The first-order valence-electron chi connectivity index (χ1n) is 12.4. The molecule has 0 aliphatic rings. The second-order valence-electron chi connectivity index (χ2n) is 10.1. The predicted molar refractivity (Wildman–Crippen MR) is 142 cm³/mol. The molecule has 5 nitrogen and oxygen atoms in total. The number of nitrogens with two attached hydrogens (primary N) is 1. The SMILES string of the molecule is CCCCOCC(C)C[C@H](OC)C(CC(C)(C)[Si](O)(c1ccccc1)c1ccccc1)C(N)=O. The van der Waals surface area contributed by atoms with Crippen molar-refractivity contribution in [3.05, 3.63) is 60.7 Å². The van der Waals surface area contributed by atoms with Crippen LogP contribution in [0.3, 0.4) is 0 Å². The third-order valence-electron chi connectivity index (χ3n) is 6.89. The van der Waals surface area contributed by atoms with Gasteiger partial charge in [0.05, 0.1) is 12.0 Å². The van der Waals surface area contributed by atoms with E-state index in [0.29, 0.717) is 19.4 Å². The van der Waals surface area contributed by atoms with Crippen molar-refractivity contribution < 1.29 is 19.1 Å². The molecule has 3 atom stereocenters. The molecular weight excluding hydrogens is 442 g/mol. The number of methoxy groups -OCH3 is 1. The maximum absolute atomic E-state index is 12.7. The van der Waals surface area contributed by atoms with E-state index in [4.69, 9.17) is 15.2 Å². The summed E-state index contributed by atoms with van der Waals surface area (Å²) in [4.78, 5) is 25.1. The molecule has 0 aliphatic carbocycles. The monoisotopic (exact) mass is 485 g/mol. The van der Waals surface area contributed by atoms with Gasteiger partial charge >= 0.3 is 0 Å². The first-order valence-corrected chi connectivity index (χ1v) is 14.3. The van der Waals surface area contributed by atoms with Crippen LogP contribution >= 0.6 is 0 Å². The molecule has 0 fully saturated rings. The molecule has 0 saturated carbocycles. The van der Waals surface area contributed by atoms with Crippen LogP contribution in [0.1, 0.15) is 53.4 Å². The number of benzene rings is 2. The van der Waals surface area contributed by atoms with Crippen LogP contribution in [0.2, 0.25) is 5.04 Å². The zero-order chi connectivity index (χ0) is 25.2. The first-order chi connectivity index (χ1) is 16.2. The van der Waals surface area contributed by atoms with E-state index in [1.54, 1.807) is 7.11 Å². The normalized spacial score (nSPS) is 15.0. The minimum atomic E-state index is -3.25. The lowest BCUT2D eigenvalue weighted by molar-refractivity contribution is -0.127. The minimum Gasteiger partial charge on any atom is -0.424 e. The molecule has 0 aliphatic heterocycles. The lowest BCUT2D eigenvalue weighted by atomic mass is 9.86. The second kappa shape index (κ2) is 13.2. The van der Waals surface area contributed by atoms with Gasteiger partial charge in [-0.1, -0.05) is 94.8 Å². The van der Waals surface area contributed by atoms with E-state index in [0.717, 1.165) is 29.8 Å². The van der Waals surface area contributed by atoms with Gasteiger partial charge in [0.2, 0.25) is 5.91 Å². The first kappa shape index (κ1) is 28.2. The highest BCUT2D eigenvalue weighted by Gasteiger charge is 2.52. The van der Waals surface area contributed by atoms with Gasteiger partial charge in [-0.3, -0.25) is 4.79 Å². The van der Waals surface area contributed by atoms with Crippen LogP contribution in [-0.2, 0) is 14.3 Å². The number of ether oxygens (including phenoxy) is 2. The molecule has 0 aromatic heterocycles. The molecule has 0 heterocycles. The van der Waals surface area contributed by atoms with E-state index in [1.165, 1.54) is 0 Å². The number of unbranched alkanes of at least 4 members (excludes halogenated alkanes) is 1. The average Bonchev–Trinajstić information content (AvgIpc) is 2.84. The summed E-state index contributed by atoms with van der Waals surface area (Å²) in [7, 11) is -1.62. The fraction of sp³-hybridized carbons (Fsp3) is 0.536. The van der Waals surface area contributed by atoms with Crippen molar-refractivity contribution in [1.29, 1.82) is 0 Å². The van der Waals surface area contributed by atoms with Gasteiger partial charge < -0.3 is 20.0 Å². The Morgan fingerprint density at radius 1 is 1.06 bits per heavy atom. The largest absolute Gasteiger partial charge is 0.424 e. The highest BCUT2D eigenvalue weighted by Crippen LogP contribution is 2.43. The van der Waals surface area contributed by atoms with Gasteiger partial charge in [-0.05, 0) is 40.6 Å². The Kier molecular flexibility index (Phi) is 11.0. The van der Waals surface area contributed by atoms with Gasteiger partial charge in [-0.25, -0.2) is 0 Å². The number of amides is 1. The number of rotatable bonds is 15. The number of carbonyl (C=O) groups excluding carboxylic acids is 1. The summed E-state index contributed by atoms with van der Waals surface area (Å²) in [5, 5.41) is 1.25. The maximum Gasteiger partial charge on any atom is 0.258 e. The van der Waals surface area contributed by atoms with Crippen molar-refractivity contribution in [2.45, 2.75) is 64.5 Å². The molecule has 0 radical (unpaired) electrons. The Morgan fingerprint density at radius 2 is 1.59 bits per heavy atom. The van der Waals surface area contributed by atoms with Crippen molar-refractivity contribution in [3.63, 3.8) is 0 Å². The third-order valence-corrected chi connectivity index (χ3v) is 11.4. The van der Waals surface area contributed by atoms with Crippen LogP contribution in [-0.4, -0.2) is 45.4 Å². The molecule has 0 saturated heterocycles. The van der Waals surface area contributed by atoms with Gasteiger partial charge in [0.25, 0.3) is 8.32 Å². The van der Waals surface area contributed by atoms with Crippen LogP contribution in [0, 0.1) is 11.8 Å². The van der Waals surface area contributed by atoms with Crippen molar-refractivity contribution in [3.8, 4) is 0 Å². The van der Waals surface area contributed by atoms with Crippen LogP contribution in [0.15, 0.2) is 60.7 Å². The Morgan fingerprint density at radius 3 is 2.03 bits per heavy atom. The summed E-state index contributed by atoms with van der Waals surface area (Å²) in [5.41, 5.74) is 5.94. The highest BCUT2D eigenvalue weighted by atomic mass is 28.4. The second-order valence-corrected chi connectivity index (χ2v) is 14.0. The average molecular weight is 486 g/mol. The van der Waals surface area contributed by atoms with Crippen LogP contribution in [0.4, 0.5) is 0 Å². The molecule has 0 bridgehead atoms. The number of carbonyl (C=O) groups is 1. The Balaban J connectivity index is 2.32. The number of hydrogen-bond donors (Lipinski definition) is 2. The lowest BCUT2D eigenvalue weighted by Gasteiger charge is -2.43. The topological polar surface area (TPSA) is 81.8 Å². The van der Waals surface area contributed by atoms with Crippen LogP contribution < -0.4 is 16.1 Å². The van der Waals surface area contributed by atoms with Gasteiger partial charge in [-0.2, -0.15) is 0 Å². The van der Waals surface area contributed by atoms with Crippen molar-refractivity contribution in [2.75, 3.05) is 20.3 Å². The summed E-state index contributed by atoms with van der Waals surface area (Å²) < 4.78 is 11.6. The summed E-state index contributed by atoms with van der Waals surface area (Å²) in [5.74, 6) is -0.688. The number of primary amides is 1. The molecule has 3 N–H and O–H groups in total. The molecule has 2 unspecified atom stereocenters. The Bertz CT molecular complexity index is 820. The summed E-state index contributed by atoms with van der Waals surface area (Å²) >= 11 is 0. The Hall–Kier alpha value is -1.99. The Labute approximate surface area is 206 Å². The van der Waals surface area contributed by atoms with Gasteiger partial charge in [0.1, 0.15) is 0 Å². The number of hydrogen-bond acceptors (Lipinski definition) is 4. The van der Waals surface area contributed by atoms with Gasteiger partial charge in [0, 0.05) is 20.3 Å². The fourth-order valence-electron chi connectivity index (χ4n) is 4.84. The minimum absolute atomic E-state index is 0.228. The smallest absolute Gasteiger partial charge is 0.258 e. The molecule has 1 amide bonds. The van der Waals surface area contributed by atoms with Crippen molar-refractivity contribution in [2.24, 2.45) is 17.6 Å². The summed E-state index contributed by atoms with van der Waals surface area (Å²) in [6.45, 7) is 9.74. The maximum atomic E-state index is 12.7. The molecule has 34 heavy (non-hydrogen) atoms. The van der Waals surface area contributed by atoms with E-state index in [-0.39, 0.29) is 12.0 Å². The quantitative estimate of drug-likeness (QED) is 0.296. The van der Waals surface area contributed by atoms with E-state index in [9.17, 15) is 9.59 Å². The van der Waals surface area contributed by atoms with Gasteiger partial charge in [-0.15, -0.1) is 0 Å². The lowest BCUT2D eigenvalue weighted by Crippen LogP contribution is -2.66. The zero-order valence-corrected chi connectivity index (χ0v) is 22.5. The zero-order valence-electron chi connectivity index (χ0n) is 21.5. The van der Waals surface area contributed by atoms with Crippen LogP contribution in [0.5, 0.6) is 0 Å². The standard InChI is InChI=1S/C28H43NO4Si/c1-6-7-18-33-21-22(2)19-26(32-5)25(27(29)30)20-28(3,4)34(31,23-14-10-8-11-15-23)24-16-12-9-13-17-24/h8-17,22,25-26,31H,6-7,18-21H2,1-5H3,(H2,29,30)/t22?,25?,26-/m0/s1. The molecule has 0 spiro atoms. The molecule has 2 rings (SSSR count). The van der Waals surface area contributed by atoms with E-state index in [2.05, 4.69) is 27.7 Å². The summed E-state index contributed by atoms with van der Waals surface area (Å²) in [6, 6.07) is 19.7. The highest BCUT2D eigenvalue weighted by molar-refractivity contribution is 6.98. The molecular formula is C28H43NO4Si. The summed E-state index contributed by atoms with van der Waals surface area (Å²) in [6.07, 6.45) is 2.90. The van der Waals surface area contributed by atoms with E-state index in [1.807, 2.05) is 60.7 Å². The molecule has 6 heteroatoms. The fourth-order valence-corrected chi connectivity index (χ4v) is 8.60. The van der Waals surface area contributed by atoms with Crippen molar-refractivity contribution >= 4 is 24.6 Å².